The molecule has 0 spiro atoms. The van der Waals surface area contributed by atoms with Gasteiger partial charge in [-0.3, -0.25) is 0 Å². The standard InChI is InChI=1S/C14H14ClNO3S/c1-2-3-13-16-10(8-20-13)7-19-12-5-4-9(15)6-11(12)14(17)18/h4-6,8H,2-3,7H2,1H3,(H,17,18). The largest absolute Gasteiger partial charge is 0.486 e. The SMILES string of the molecule is CCCc1nc(COc2ccc(Cl)cc2C(=O)O)cs1. The molecule has 2 rings (SSSR count). The number of carboxylic acid groups (broad SMARTS) is 1. The lowest BCUT2D eigenvalue weighted by Crippen LogP contribution is -2.03. The highest BCUT2D eigenvalue weighted by molar-refractivity contribution is 7.09. The van der Waals surface area contributed by atoms with Gasteiger partial charge in [0, 0.05) is 10.4 Å². The Morgan fingerprint density at radius 3 is 3.00 bits per heavy atom. The number of aromatic nitrogens is 1. The summed E-state index contributed by atoms with van der Waals surface area (Å²) in [6, 6.07) is 4.54. The summed E-state index contributed by atoms with van der Waals surface area (Å²) in [6.07, 6.45) is 2.00. The second kappa shape index (κ2) is 6.72. The van der Waals surface area contributed by atoms with Gasteiger partial charge in [-0.2, -0.15) is 0 Å². The number of hydrogen-bond donors (Lipinski definition) is 1. The minimum absolute atomic E-state index is 0.0570. The molecule has 20 heavy (non-hydrogen) atoms. The van der Waals surface area contributed by atoms with E-state index in [-0.39, 0.29) is 12.2 Å². The zero-order chi connectivity index (χ0) is 14.5. The van der Waals surface area contributed by atoms with Crippen LogP contribution in [0.2, 0.25) is 5.02 Å². The van der Waals surface area contributed by atoms with Crippen LogP contribution < -0.4 is 4.74 Å². The minimum Gasteiger partial charge on any atom is -0.486 e. The summed E-state index contributed by atoms with van der Waals surface area (Å²) in [7, 11) is 0. The normalized spacial score (nSPS) is 10.5. The van der Waals surface area contributed by atoms with E-state index in [2.05, 4.69) is 11.9 Å². The van der Waals surface area contributed by atoms with E-state index in [0.29, 0.717) is 10.8 Å². The van der Waals surface area contributed by atoms with E-state index >= 15 is 0 Å². The van der Waals surface area contributed by atoms with Gasteiger partial charge in [-0.15, -0.1) is 11.3 Å². The first-order valence-electron chi connectivity index (χ1n) is 6.19. The predicted molar refractivity (Wildman–Crippen MR) is 78.9 cm³/mol. The smallest absolute Gasteiger partial charge is 0.339 e. The molecule has 6 heteroatoms. The monoisotopic (exact) mass is 311 g/mol. The van der Waals surface area contributed by atoms with Gasteiger partial charge >= 0.3 is 5.97 Å². The fourth-order valence-electron chi connectivity index (χ4n) is 1.69. The first kappa shape index (κ1) is 14.8. The van der Waals surface area contributed by atoms with Crippen molar-refractivity contribution in [1.82, 2.24) is 4.98 Å². The lowest BCUT2D eigenvalue weighted by Gasteiger charge is -2.08. The van der Waals surface area contributed by atoms with Crippen molar-refractivity contribution < 1.29 is 14.6 Å². The van der Waals surface area contributed by atoms with Crippen molar-refractivity contribution in [2.24, 2.45) is 0 Å². The van der Waals surface area contributed by atoms with Gasteiger partial charge < -0.3 is 9.84 Å². The molecule has 0 radical (unpaired) electrons. The molecule has 0 saturated carbocycles. The van der Waals surface area contributed by atoms with E-state index in [9.17, 15) is 4.79 Å². The lowest BCUT2D eigenvalue weighted by molar-refractivity contribution is 0.0691. The quantitative estimate of drug-likeness (QED) is 0.875. The van der Waals surface area contributed by atoms with Gasteiger partial charge in [0.15, 0.2) is 0 Å². The summed E-state index contributed by atoms with van der Waals surface area (Å²) in [4.78, 5) is 15.5. The summed E-state index contributed by atoms with van der Waals surface area (Å²) in [6.45, 7) is 2.35. The summed E-state index contributed by atoms with van der Waals surface area (Å²) in [5, 5.41) is 12.5. The number of aromatic carboxylic acids is 1. The van der Waals surface area contributed by atoms with Crippen molar-refractivity contribution in [3.05, 3.63) is 44.9 Å². The number of thiazole rings is 1. The number of carboxylic acids is 1. The average molecular weight is 312 g/mol. The Morgan fingerprint density at radius 2 is 2.30 bits per heavy atom. The van der Waals surface area contributed by atoms with Crippen LogP contribution >= 0.6 is 22.9 Å². The van der Waals surface area contributed by atoms with Crippen molar-refractivity contribution in [3.8, 4) is 5.75 Å². The maximum absolute atomic E-state index is 11.1. The van der Waals surface area contributed by atoms with Gasteiger partial charge in [-0.25, -0.2) is 9.78 Å². The Kier molecular flexibility index (Phi) is 4.98. The second-order valence-corrected chi connectivity index (χ2v) is 5.60. The Hall–Kier alpha value is -1.59. The van der Waals surface area contributed by atoms with Crippen molar-refractivity contribution in [3.63, 3.8) is 0 Å². The highest BCUT2D eigenvalue weighted by Crippen LogP contribution is 2.24. The molecule has 106 valence electrons. The number of aryl methyl sites for hydroxylation is 1. The first-order valence-corrected chi connectivity index (χ1v) is 7.45. The van der Waals surface area contributed by atoms with Crippen molar-refractivity contribution in [1.29, 1.82) is 0 Å². The van der Waals surface area contributed by atoms with Crippen molar-refractivity contribution in [2.75, 3.05) is 0 Å². The molecule has 2 aromatic rings. The number of ether oxygens (including phenoxy) is 1. The van der Waals surface area contributed by atoms with Gasteiger partial charge in [0.2, 0.25) is 0 Å². The van der Waals surface area contributed by atoms with Crippen LogP contribution in [0.4, 0.5) is 0 Å². The molecule has 0 aliphatic rings. The summed E-state index contributed by atoms with van der Waals surface area (Å²) < 4.78 is 5.54. The Morgan fingerprint density at radius 1 is 1.50 bits per heavy atom. The van der Waals surface area contributed by atoms with Crippen LogP contribution in [-0.2, 0) is 13.0 Å². The molecule has 0 saturated heterocycles. The van der Waals surface area contributed by atoms with Crippen LogP contribution in [0.25, 0.3) is 0 Å². The maximum atomic E-state index is 11.1. The summed E-state index contributed by atoms with van der Waals surface area (Å²) >= 11 is 7.38. The molecule has 0 amide bonds. The van der Waals surface area contributed by atoms with Crippen LogP contribution in [0.15, 0.2) is 23.6 Å². The predicted octanol–water partition coefficient (Wildman–Crippen LogP) is 4.03. The number of benzene rings is 1. The topological polar surface area (TPSA) is 59.4 Å². The van der Waals surface area contributed by atoms with Crippen LogP contribution in [0, 0.1) is 0 Å². The highest BCUT2D eigenvalue weighted by Gasteiger charge is 2.12. The molecule has 1 aromatic carbocycles. The van der Waals surface area contributed by atoms with E-state index in [0.717, 1.165) is 23.5 Å². The van der Waals surface area contributed by atoms with E-state index in [1.54, 1.807) is 23.5 Å². The molecular weight excluding hydrogens is 298 g/mol. The molecular formula is C14H14ClNO3S. The van der Waals surface area contributed by atoms with E-state index in [1.807, 2.05) is 5.38 Å². The van der Waals surface area contributed by atoms with Gasteiger partial charge in [-0.05, 0) is 31.0 Å². The molecule has 0 atom stereocenters. The Labute approximate surface area is 126 Å². The first-order chi connectivity index (χ1) is 9.60. The third kappa shape index (κ3) is 3.71. The summed E-state index contributed by atoms with van der Waals surface area (Å²) in [5.41, 5.74) is 0.867. The number of carbonyl (C=O) groups is 1. The van der Waals surface area contributed by atoms with E-state index < -0.39 is 5.97 Å². The van der Waals surface area contributed by atoms with Crippen LogP contribution in [0.5, 0.6) is 5.75 Å². The number of rotatable bonds is 6. The average Bonchev–Trinajstić information content (AvgIpc) is 2.85. The molecule has 4 nitrogen and oxygen atoms in total. The van der Waals surface area contributed by atoms with Gasteiger partial charge in [0.1, 0.15) is 17.9 Å². The van der Waals surface area contributed by atoms with Crippen LogP contribution in [0.1, 0.15) is 34.4 Å². The van der Waals surface area contributed by atoms with Crippen molar-refractivity contribution >= 4 is 28.9 Å². The Balaban J connectivity index is 2.08. The van der Waals surface area contributed by atoms with E-state index in [1.165, 1.54) is 6.07 Å². The maximum Gasteiger partial charge on any atom is 0.339 e. The molecule has 0 unspecified atom stereocenters. The third-order valence-corrected chi connectivity index (χ3v) is 3.80. The van der Waals surface area contributed by atoms with Crippen LogP contribution in [0.3, 0.4) is 0 Å². The zero-order valence-corrected chi connectivity index (χ0v) is 12.5. The summed E-state index contributed by atoms with van der Waals surface area (Å²) in [5.74, 6) is -0.764. The molecule has 1 aromatic heterocycles. The van der Waals surface area contributed by atoms with Gasteiger partial charge in [0.25, 0.3) is 0 Å². The molecule has 0 fully saturated rings. The fourth-order valence-corrected chi connectivity index (χ4v) is 2.75. The number of halogens is 1. The second-order valence-electron chi connectivity index (χ2n) is 4.22. The molecule has 1 heterocycles. The number of hydrogen-bond acceptors (Lipinski definition) is 4. The highest BCUT2D eigenvalue weighted by atomic mass is 35.5. The van der Waals surface area contributed by atoms with Crippen molar-refractivity contribution in [2.45, 2.75) is 26.4 Å². The number of nitrogens with zero attached hydrogens (tertiary/aromatic N) is 1. The molecule has 0 bridgehead atoms. The molecule has 0 aliphatic heterocycles. The van der Waals surface area contributed by atoms with E-state index in [4.69, 9.17) is 21.4 Å². The fraction of sp³-hybridized carbons (Fsp3) is 0.286. The Bertz CT molecular complexity index is 612. The van der Waals surface area contributed by atoms with Gasteiger partial charge in [0.05, 0.1) is 10.7 Å². The molecule has 0 aliphatic carbocycles. The molecule has 1 N–H and O–H groups in total. The van der Waals surface area contributed by atoms with Gasteiger partial charge in [-0.1, -0.05) is 18.5 Å². The zero-order valence-electron chi connectivity index (χ0n) is 10.9. The minimum atomic E-state index is -1.06. The third-order valence-electron chi connectivity index (χ3n) is 2.61. The lowest BCUT2D eigenvalue weighted by atomic mass is 10.2. The van der Waals surface area contributed by atoms with Crippen LogP contribution in [-0.4, -0.2) is 16.1 Å².